The molecule has 0 fully saturated rings. The number of carboxylic acid groups (broad SMARTS) is 1. The molecule has 0 bridgehead atoms. The summed E-state index contributed by atoms with van der Waals surface area (Å²) in [5.41, 5.74) is 1.10. The summed E-state index contributed by atoms with van der Waals surface area (Å²) in [5.74, 6) is -0.517. The van der Waals surface area contributed by atoms with Crippen molar-refractivity contribution in [3.05, 3.63) is 57.9 Å². The van der Waals surface area contributed by atoms with Gasteiger partial charge in [-0.1, -0.05) is 17.7 Å². The number of nitrogens with zero attached hydrogens (tertiary/aromatic N) is 3. The Hall–Kier alpha value is -3.73. The molecule has 2 N–H and O–H groups in total. The van der Waals surface area contributed by atoms with E-state index in [1.807, 2.05) is 6.92 Å². The molecule has 0 saturated heterocycles. The average Bonchev–Trinajstić information content (AvgIpc) is 3.15. The van der Waals surface area contributed by atoms with Crippen molar-refractivity contribution >= 4 is 32.4 Å². The molecule has 4 aromatic rings. The molecule has 0 amide bonds. The van der Waals surface area contributed by atoms with Crippen LogP contribution in [-0.2, 0) is 14.6 Å². The number of H-pyrrole nitrogens is 1. The molecule has 0 aliphatic carbocycles. The van der Waals surface area contributed by atoms with E-state index in [1.54, 1.807) is 31.2 Å². The Kier molecular flexibility index (Phi) is 5.43. The molecule has 11 heteroatoms. The van der Waals surface area contributed by atoms with Gasteiger partial charge in [-0.15, -0.1) is 5.10 Å². The summed E-state index contributed by atoms with van der Waals surface area (Å²) in [6.45, 7) is 3.73. The molecule has 2 heterocycles. The molecule has 2 aromatic carbocycles. The van der Waals surface area contributed by atoms with Crippen LogP contribution in [0.1, 0.15) is 24.0 Å². The number of aromatic nitrogens is 4. The highest BCUT2D eigenvalue weighted by Crippen LogP contribution is 2.27. The number of ether oxygens (including phenoxy) is 1. The molecule has 0 saturated carbocycles. The zero-order valence-electron chi connectivity index (χ0n) is 17.3. The third kappa shape index (κ3) is 3.82. The van der Waals surface area contributed by atoms with Crippen LogP contribution in [0.2, 0.25) is 0 Å². The molecule has 0 unspecified atom stereocenters. The number of nitrogens with one attached hydrogen (secondary N) is 1. The summed E-state index contributed by atoms with van der Waals surface area (Å²) in [6, 6.07) is 9.60. The highest BCUT2D eigenvalue weighted by atomic mass is 32.2. The van der Waals surface area contributed by atoms with Gasteiger partial charge in [0, 0.05) is 12.5 Å². The Morgan fingerprint density at radius 3 is 2.69 bits per heavy atom. The summed E-state index contributed by atoms with van der Waals surface area (Å²) >= 11 is 0. The summed E-state index contributed by atoms with van der Waals surface area (Å²) in [4.78, 5) is 27.3. The topological polar surface area (TPSA) is 144 Å². The maximum atomic E-state index is 13.3. The van der Waals surface area contributed by atoms with Crippen molar-refractivity contribution in [2.75, 3.05) is 6.61 Å². The zero-order chi connectivity index (χ0) is 23.0. The van der Waals surface area contributed by atoms with Gasteiger partial charge in [-0.05, 0) is 44.0 Å². The number of benzene rings is 2. The fourth-order valence-corrected chi connectivity index (χ4v) is 4.95. The largest absolute Gasteiger partial charge is 0.494 e. The van der Waals surface area contributed by atoms with Crippen molar-refractivity contribution < 1.29 is 23.1 Å². The van der Waals surface area contributed by atoms with Crippen molar-refractivity contribution in [1.29, 1.82) is 0 Å². The SMILES string of the molecule is Cc1ccc(S(=O)(=O)c2n[nH]n3c2nc(=O)c2ccc(OCCCC(=O)O)cc23)c(C)c1. The predicted molar refractivity (Wildman–Crippen MR) is 115 cm³/mol. The fraction of sp³-hybridized carbons (Fsp3) is 0.238. The lowest BCUT2D eigenvalue weighted by Crippen LogP contribution is -2.12. The van der Waals surface area contributed by atoms with Crippen molar-refractivity contribution in [3.63, 3.8) is 0 Å². The predicted octanol–water partition coefficient (Wildman–Crippen LogP) is 2.26. The second-order valence-corrected chi connectivity index (χ2v) is 9.22. The number of hydrogen-bond donors (Lipinski definition) is 2. The minimum absolute atomic E-state index is 0.0264. The van der Waals surface area contributed by atoms with Gasteiger partial charge >= 0.3 is 5.97 Å². The Balaban J connectivity index is 1.81. The van der Waals surface area contributed by atoms with Crippen LogP contribution in [0.25, 0.3) is 16.6 Å². The Bertz CT molecular complexity index is 1520. The van der Waals surface area contributed by atoms with Gasteiger partial charge < -0.3 is 9.84 Å². The van der Waals surface area contributed by atoms with Gasteiger partial charge in [0.05, 0.1) is 22.4 Å². The van der Waals surface area contributed by atoms with E-state index >= 15 is 0 Å². The van der Waals surface area contributed by atoms with E-state index in [4.69, 9.17) is 9.84 Å². The van der Waals surface area contributed by atoms with E-state index in [0.29, 0.717) is 23.3 Å². The molecule has 0 aliphatic heterocycles. The van der Waals surface area contributed by atoms with Crippen molar-refractivity contribution in [3.8, 4) is 5.75 Å². The summed E-state index contributed by atoms with van der Waals surface area (Å²) in [7, 11) is -4.04. The van der Waals surface area contributed by atoms with Crippen LogP contribution >= 0.6 is 0 Å². The van der Waals surface area contributed by atoms with Gasteiger partial charge in [-0.2, -0.15) is 4.98 Å². The van der Waals surface area contributed by atoms with Crippen LogP contribution in [0.3, 0.4) is 0 Å². The van der Waals surface area contributed by atoms with Crippen LogP contribution in [0.5, 0.6) is 5.75 Å². The van der Waals surface area contributed by atoms with E-state index in [1.165, 1.54) is 16.6 Å². The fourth-order valence-electron chi connectivity index (χ4n) is 3.48. The lowest BCUT2D eigenvalue weighted by Gasteiger charge is -2.08. The smallest absolute Gasteiger partial charge is 0.303 e. The molecule has 0 radical (unpaired) electrons. The minimum atomic E-state index is -4.04. The van der Waals surface area contributed by atoms with Crippen LogP contribution < -0.4 is 10.3 Å². The molecule has 2 aromatic heterocycles. The van der Waals surface area contributed by atoms with Gasteiger partial charge in [-0.3, -0.25) is 9.59 Å². The second kappa shape index (κ2) is 8.08. The summed E-state index contributed by atoms with van der Waals surface area (Å²) in [5, 5.41) is 15.2. The summed E-state index contributed by atoms with van der Waals surface area (Å²) in [6.07, 6.45) is 0.294. The molecule has 10 nitrogen and oxygen atoms in total. The second-order valence-electron chi connectivity index (χ2n) is 7.39. The third-order valence-corrected chi connectivity index (χ3v) is 6.80. The zero-order valence-corrected chi connectivity index (χ0v) is 18.1. The van der Waals surface area contributed by atoms with Crippen molar-refractivity contribution in [2.24, 2.45) is 0 Å². The maximum absolute atomic E-state index is 13.3. The van der Waals surface area contributed by atoms with Crippen LogP contribution in [0, 0.1) is 13.8 Å². The molecule has 0 spiro atoms. The number of hydrogen-bond acceptors (Lipinski definition) is 7. The van der Waals surface area contributed by atoms with E-state index in [0.717, 1.165) is 5.56 Å². The number of rotatable bonds is 7. The van der Waals surface area contributed by atoms with Crippen LogP contribution in [0.15, 0.2) is 51.1 Å². The van der Waals surface area contributed by atoms with E-state index in [9.17, 15) is 18.0 Å². The maximum Gasteiger partial charge on any atom is 0.303 e. The molecule has 0 aliphatic rings. The Labute approximate surface area is 182 Å². The summed E-state index contributed by atoms with van der Waals surface area (Å²) < 4.78 is 33.4. The molecular weight excluding hydrogens is 436 g/mol. The van der Waals surface area contributed by atoms with Crippen LogP contribution in [0.4, 0.5) is 0 Å². The molecule has 4 rings (SSSR count). The normalized spacial score (nSPS) is 11.8. The Morgan fingerprint density at radius 1 is 1.19 bits per heavy atom. The first kappa shape index (κ1) is 21.5. The van der Waals surface area contributed by atoms with Gasteiger partial charge in [0.1, 0.15) is 5.75 Å². The lowest BCUT2D eigenvalue weighted by atomic mass is 10.2. The number of sulfone groups is 1. The number of carboxylic acids is 1. The van der Waals surface area contributed by atoms with Gasteiger partial charge in [0.2, 0.25) is 14.9 Å². The van der Waals surface area contributed by atoms with Gasteiger partial charge in [0.25, 0.3) is 5.56 Å². The van der Waals surface area contributed by atoms with Crippen molar-refractivity contribution in [2.45, 2.75) is 36.6 Å². The number of fused-ring (bicyclic) bond motifs is 3. The van der Waals surface area contributed by atoms with Gasteiger partial charge in [-0.25, -0.2) is 18.1 Å². The first-order valence-corrected chi connectivity index (χ1v) is 11.2. The molecular formula is C21H20N4O6S. The quantitative estimate of drug-likeness (QED) is 0.403. The van der Waals surface area contributed by atoms with Crippen LogP contribution in [-0.4, -0.2) is 45.9 Å². The molecule has 32 heavy (non-hydrogen) atoms. The average molecular weight is 456 g/mol. The lowest BCUT2D eigenvalue weighted by molar-refractivity contribution is -0.137. The number of aromatic amines is 1. The first-order chi connectivity index (χ1) is 15.2. The van der Waals surface area contributed by atoms with Crippen molar-refractivity contribution in [1.82, 2.24) is 19.8 Å². The minimum Gasteiger partial charge on any atom is -0.494 e. The third-order valence-electron chi connectivity index (χ3n) is 4.98. The molecule has 166 valence electrons. The highest BCUT2D eigenvalue weighted by Gasteiger charge is 2.27. The van der Waals surface area contributed by atoms with Gasteiger partial charge in [0.15, 0.2) is 5.65 Å². The van der Waals surface area contributed by atoms with E-state index < -0.39 is 21.4 Å². The number of aliphatic carboxylic acids is 1. The first-order valence-electron chi connectivity index (χ1n) is 9.76. The van der Waals surface area contributed by atoms with E-state index in [-0.39, 0.29) is 34.0 Å². The highest BCUT2D eigenvalue weighted by molar-refractivity contribution is 7.91. The molecule has 0 atom stereocenters. The number of aryl methyl sites for hydroxylation is 2. The van der Waals surface area contributed by atoms with E-state index in [2.05, 4.69) is 15.3 Å². The standard InChI is InChI=1S/C21H20N4O6S/c1-12-5-8-17(13(2)10-12)32(29,30)21-19-22-20(28)15-7-6-14(31-9-3-4-18(26)27)11-16(15)25(19)24-23-21/h5-8,10-11,24H,3-4,9H2,1-2H3,(H,26,27). The monoisotopic (exact) mass is 456 g/mol. The number of carbonyl (C=O) groups is 1. The Morgan fingerprint density at radius 2 is 1.97 bits per heavy atom.